The van der Waals surface area contributed by atoms with E-state index in [1.54, 1.807) is 6.20 Å². The Balaban J connectivity index is 2.04. The highest BCUT2D eigenvalue weighted by Gasteiger charge is 2.28. The molecule has 1 aliphatic rings. The van der Waals surface area contributed by atoms with Crippen LogP contribution >= 0.6 is 0 Å². The summed E-state index contributed by atoms with van der Waals surface area (Å²) >= 11 is 0. The summed E-state index contributed by atoms with van der Waals surface area (Å²) in [5.74, 6) is 0.837. The zero-order valence-electron chi connectivity index (χ0n) is 11.5. The van der Waals surface area contributed by atoms with E-state index in [9.17, 15) is 0 Å². The van der Waals surface area contributed by atoms with Crippen molar-refractivity contribution in [1.82, 2.24) is 9.97 Å². The predicted molar refractivity (Wildman–Crippen MR) is 74.4 cm³/mol. The highest BCUT2D eigenvalue weighted by atomic mass is 16.4. The van der Waals surface area contributed by atoms with Crippen molar-refractivity contribution < 1.29 is 5.21 Å². The van der Waals surface area contributed by atoms with Crippen LogP contribution < -0.4 is 10.6 Å². The van der Waals surface area contributed by atoms with Gasteiger partial charge in [-0.2, -0.15) is 0 Å². The van der Waals surface area contributed by atoms with Crippen LogP contribution in [-0.4, -0.2) is 34.1 Å². The van der Waals surface area contributed by atoms with Gasteiger partial charge in [-0.15, -0.1) is 0 Å². The molecule has 104 valence electrons. The zero-order valence-corrected chi connectivity index (χ0v) is 11.5. The Kier molecular flexibility index (Phi) is 3.87. The van der Waals surface area contributed by atoms with Gasteiger partial charge in [-0.25, -0.2) is 9.97 Å². The average molecular weight is 263 g/mol. The molecule has 2 rings (SSSR count). The van der Waals surface area contributed by atoms with Crippen LogP contribution in [0, 0.1) is 5.41 Å². The third kappa shape index (κ3) is 2.94. The molecule has 0 aliphatic carbocycles. The number of rotatable bonds is 3. The Hall–Kier alpha value is -1.85. The third-order valence-electron chi connectivity index (χ3n) is 4.16. The van der Waals surface area contributed by atoms with Crippen molar-refractivity contribution in [2.45, 2.75) is 33.1 Å². The van der Waals surface area contributed by atoms with Crippen molar-refractivity contribution >= 4 is 11.7 Å². The lowest BCUT2D eigenvalue weighted by Crippen LogP contribution is -2.39. The van der Waals surface area contributed by atoms with E-state index >= 15 is 0 Å². The fraction of sp³-hybridized carbons (Fsp3) is 0.615. The molecule has 1 aromatic heterocycles. The van der Waals surface area contributed by atoms with Gasteiger partial charge in [0.15, 0.2) is 5.84 Å². The van der Waals surface area contributed by atoms with Gasteiger partial charge in [0.25, 0.3) is 0 Å². The van der Waals surface area contributed by atoms with Crippen molar-refractivity contribution in [2.24, 2.45) is 16.3 Å². The molecular weight excluding hydrogens is 242 g/mol. The summed E-state index contributed by atoms with van der Waals surface area (Å²) in [5.41, 5.74) is 6.31. The summed E-state index contributed by atoms with van der Waals surface area (Å²) < 4.78 is 0. The average Bonchev–Trinajstić information content (AvgIpc) is 2.47. The van der Waals surface area contributed by atoms with E-state index in [1.807, 2.05) is 0 Å². The maximum Gasteiger partial charge on any atom is 0.190 e. The van der Waals surface area contributed by atoms with Crippen molar-refractivity contribution in [3.8, 4) is 0 Å². The largest absolute Gasteiger partial charge is 0.409 e. The van der Waals surface area contributed by atoms with E-state index in [2.05, 4.69) is 33.9 Å². The molecule has 1 fully saturated rings. The highest BCUT2D eigenvalue weighted by Crippen LogP contribution is 2.34. The normalized spacial score (nSPS) is 19.5. The van der Waals surface area contributed by atoms with Crippen LogP contribution in [0.3, 0.4) is 0 Å². The van der Waals surface area contributed by atoms with Crippen LogP contribution in [0.1, 0.15) is 38.8 Å². The van der Waals surface area contributed by atoms with Gasteiger partial charge in [-0.1, -0.05) is 25.4 Å². The lowest BCUT2D eigenvalue weighted by molar-refractivity contribution is 0.237. The molecule has 0 unspecified atom stereocenters. The lowest BCUT2D eigenvalue weighted by atomic mass is 9.78. The maximum absolute atomic E-state index is 8.58. The lowest BCUT2D eigenvalue weighted by Gasteiger charge is -2.39. The van der Waals surface area contributed by atoms with E-state index < -0.39 is 0 Å². The van der Waals surface area contributed by atoms with Gasteiger partial charge in [0.05, 0.1) is 12.4 Å². The summed E-state index contributed by atoms with van der Waals surface area (Å²) in [6.07, 6.45) is 6.79. The molecule has 1 aromatic rings. The Labute approximate surface area is 113 Å². The van der Waals surface area contributed by atoms with Gasteiger partial charge in [-0.3, -0.25) is 0 Å². The Bertz CT molecular complexity index is 449. The number of hydrogen-bond acceptors (Lipinski definition) is 5. The van der Waals surface area contributed by atoms with Crippen molar-refractivity contribution in [1.29, 1.82) is 0 Å². The minimum absolute atomic E-state index is 0.0174. The second-order valence-corrected chi connectivity index (χ2v) is 5.40. The summed E-state index contributed by atoms with van der Waals surface area (Å²) in [6.45, 7) is 6.60. The van der Waals surface area contributed by atoms with Crippen LogP contribution in [0.25, 0.3) is 0 Å². The number of piperidine rings is 1. The number of anilines is 1. The van der Waals surface area contributed by atoms with Crippen molar-refractivity contribution in [3.63, 3.8) is 0 Å². The fourth-order valence-electron chi connectivity index (χ4n) is 2.30. The first kappa shape index (κ1) is 13.6. The molecule has 0 bridgehead atoms. The quantitative estimate of drug-likeness (QED) is 0.374. The van der Waals surface area contributed by atoms with Gasteiger partial charge in [-0.05, 0) is 18.3 Å². The number of aromatic nitrogens is 2. The maximum atomic E-state index is 8.58. The predicted octanol–water partition coefficient (Wildman–Crippen LogP) is 1.59. The molecule has 1 saturated heterocycles. The second-order valence-electron chi connectivity index (χ2n) is 5.40. The molecule has 6 nitrogen and oxygen atoms in total. The Morgan fingerprint density at radius 1 is 1.42 bits per heavy atom. The molecule has 19 heavy (non-hydrogen) atoms. The number of amidine groups is 1. The van der Waals surface area contributed by atoms with Gasteiger partial charge in [0.2, 0.25) is 0 Å². The van der Waals surface area contributed by atoms with Crippen LogP contribution in [-0.2, 0) is 0 Å². The molecule has 0 radical (unpaired) electrons. The highest BCUT2D eigenvalue weighted by molar-refractivity contribution is 5.94. The molecule has 0 saturated carbocycles. The molecule has 6 heteroatoms. The smallest absolute Gasteiger partial charge is 0.190 e. The van der Waals surface area contributed by atoms with Gasteiger partial charge in [0, 0.05) is 13.1 Å². The summed E-state index contributed by atoms with van der Waals surface area (Å²) in [6, 6.07) is 0. The first-order valence-electron chi connectivity index (χ1n) is 6.63. The van der Waals surface area contributed by atoms with E-state index in [-0.39, 0.29) is 5.84 Å². The number of nitrogens with two attached hydrogens (primary N) is 1. The zero-order chi connectivity index (χ0) is 13.9. The number of hydrogen-bond donors (Lipinski definition) is 2. The molecule has 0 spiro atoms. The summed E-state index contributed by atoms with van der Waals surface area (Å²) in [5, 5.41) is 11.5. The molecule has 0 amide bonds. The van der Waals surface area contributed by atoms with Gasteiger partial charge >= 0.3 is 0 Å². The Morgan fingerprint density at radius 3 is 2.58 bits per heavy atom. The summed E-state index contributed by atoms with van der Waals surface area (Å²) in [7, 11) is 0. The SMILES string of the molecule is CCC1(C)CCN(c2cnc(C(N)=NO)cn2)CC1. The Morgan fingerprint density at radius 2 is 2.11 bits per heavy atom. The van der Waals surface area contributed by atoms with Crippen LogP contribution in [0.4, 0.5) is 5.82 Å². The monoisotopic (exact) mass is 263 g/mol. The van der Waals surface area contributed by atoms with Gasteiger partial charge < -0.3 is 15.8 Å². The summed E-state index contributed by atoms with van der Waals surface area (Å²) in [4.78, 5) is 10.7. The molecule has 1 aliphatic heterocycles. The fourth-order valence-corrected chi connectivity index (χ4v) is 2.30. The minimum Gasteiger partial charge on any atom is -0.409 e. The number of nitrogens with zero attached hydrogens (tertiary/aromatic N) is 4. The van der Waals surface area contributed by atoms with Crippen molar-refractivity contribution in [3.05, 3.63) is 18.1 Å². The topological polar surface area (TPSA) is 87.6 Å². The van der Waals surface area contributed by atoms with Crippen molar-refractivity contribution in [2.75, 3.05) is 18.0 Å². The van der Waals surface area contributed by atoms with E-state index in [0.29, 0.717) is 11.1 Å². The van der Waals surface area contributed by atoms with E-state index in [0.717, 1.165) is 18.9 Å². The molecule has 2 heterocycles. The molecule has 3 N–H and O–H groups in total. The van der Waals surface area contributed by atoms with Crippen LogP contribution in [0.5, 0.6) is 0 Å². The molecular formula is C13H21N5O. The van der Waals surface area contributed by atoms with Gasteiger partial charge in [0.1, 0.15) is 11.5 Å². The number of oxime groups is 1. The first-order valence-corrected chi connectivity index (χ1v) is 6.63. The first-order chi connectivity index (χ1) is 9.08. The standard InChI is InChI=1S/C13H21N5O/c1-3-13(2)4-6-18(7-5-13)11-9-15-10(8-16-11)12(14)17-19/h8-9,19H,3-7H2,1-2H3,(H2,14,17). The second kappa shape index (κ2) is 5.42. The third-order valence-corrected chi connectivity index (χ3v) is 4.16. The minimum atomic E-state index is -0.0174. The van der Waals surface area contributed by atoms with Crippen LogP contribution in [0.2, 0.25) is 0 Å². The van der Waals surface area contributed by atoms with E-state index in [1.165, 1.54) is 25.5 Å². The van der Waals surface area contributed by atoms with Crippen LogP contribution in [0.15, 0.2) is 17.5 Å². The van der Waals surface area contributed by atoms with E-state index in [4.69, 9.17) is 10.9 Å². The molecule has 0 atom stereocenters. The molecule has 0 aromatic carbocycles.